The molecule has 0 amide bonds. The van der Waals surface area contributed by atoms with Crippen LogP contribution in [0.15, 0.2) is 42.2 Å². The molecule has 4 heterocycles. The smallest absolute Gasteiger partial charge is 0.142 e. The van der Waals surface area contributed by atoms with Gasteiger partial charge in [0, 0.05) is 23.7 Å². The fourth-order valence-electron chi connectivity index (χ4n) is 3.64. The van der Waals surface area contributed by atoms with Crippen molar-refractivity contribution in [3.05, 3.63) is 47.1 Å². The van der Waals surface area contributed by atoms with E-state index in [1.165, 1.54) is 28.1 Å². The van der Waals surface area contributed by atoms with Gasteiger partial charge in [0.15, 0.2) is 0 Å². The van der Waals surface area contributed by atoms with Crippen LogP contribution in [0.1, 0.15) is 24.6 Å². The fourth-order valence-corrected chi connectivity index (χ4v) is 5.37. The summed E-state index contributed by atoms with van der Waals surface area (Å²) in [7, 11) is 0. The largest absolute Gasteiger partial charge is 0.340 e. The molecule has 0 atom stereocenters. The Hall–Kier alpha value is -2.35. The molecule has 5 rings (SSSR count). The summed E-state index contributed by atoms with van der Waals surface area (Å²) < 4.78 is 1.19. The molecule has 3 aromatic heterocycles. The van der Waals surface area contributed by atoms with Crippen LogP contribution in [0.2, 0.25) is 0 Å². The molecule has 1 aliphatic rings. The number of hydrogen-bond acceptors (Lipinski definition) is 7. The number of aromatic nitrogens is 3. The Morgan fingerprint density at radius 1 is 1.18 bits per heavy atom. The highest BCUT2D eigenvalue weighted by Gasteiger charge is 2.16. The number of nitrogens with zero attached hydrogens (tertiary/aromatic N) is 4. The highest BCUT2D eigenvalue weighted by molar-refractivity contribution is 7.19. The van der Waals surface area contributed by atoms with Crippen molar-refractivity contribution in [1.29, 1.82) is 0 Å². The van der Waals surface area contributed by atoms with Gasteiger partial charge >= 0.3 is 0 Å². The summed E-state index contributed by atoms with van der Waals surface area (Å²) in [5.41, 5.74) is 5.32. The van der Waals surface area contributed by atoms with E-state index >= 15 is 0 Å². The van der Waals surface area contributed by atoms with Crippen molar-refractivity contribution >= 4 is 60.2 Å². The first-order valence-corrected chi connectivity index (χ1v) is 11.3. The Kier molecular flexibility index (Phi) is 4.80. The molecule has 0 radical (unpaired) electrons. The normalized spacial score (nSPS) is 15.2. The van der Waals surface area contributed by atoms with Crippen LogP contribution in [-0.2, 0) is 0 Å². The third-order valence-corrected chi connectivity index (χ3v) is 7.00. The standard InChI is InChI=1S/C21H21N5S2/c1-2-7-26-8-5-14(6-9-26)19-11-16-20(22-12-23-21(16)28-19)25-15-3-4-18-17(10-15)24-13-27-18/h3-5,10-13H,2,6-9H2,1H3,(H,22,23,25). The van der Waals surface area contributed by atoms with Gasteiger partial charge < -0.3 is 5.32 Å². The number of hydrogen-bond donors (Lipinski definition) is 1. The first-order chi connectivity index (χ1) is 13.8. The average Bonchev–Trinajstić information content (AvgIpc) is 3.36. The summed E-state index contributed by atoms with van der Waals surface area (Å²) in [6.07, 6.45) is 6.33. The van der Waals surface area contributed by atoms with E-state index in [-0.39, 0.29) is 0 Å². The highest BCUT2D eigenvalue weighted by atomic mass is 32.1. The van der Waals surface area contributed by atoms with Gasteiger partial charge in [-0.1, -0.05) is 13.0 Å². The number of thiazole rings is 1. The van der Waals surface area contributed by atoms with Gasteiger partial charge in [0.05, 0.1) is 21.1 Å². The monoisotopic (exact) mass is 407 g/mol. The quantitative estimate of drug-likeness (QED) is 0.470. The third-order valence-electron chi connectivity index (χ3n) is 5.07. The Morgan fingerprint density at radius 3 is 3.00 bits per heavy atom. The second-order valence-corrected chi connectivity index (χ2v) is 8.91. The Bertz CT molecular complexity index is 1160. The number of rotatable bonds is 5. The maximum Gasteiger partial charge on any atom is 0.142 e. The van der Waals surface area contributed by atoms with Crippen molar-refractivity contribution < 1.29 is 0 Å². The van der Waals surface area contributed by atoms with E-state index in [9.17, 15) is 0 Å². The van der Waals surface area contributed by atoms with E-state index in [1.807, 2.05) is 5.51 Å². The van der Waals surface area contributed by atoms with Crippen LogP contribution in [0.3, 0.4) is 0 Å². The molecular weight excluding hydrogens is 386 g/mol. The predicted octanol–water partition coefficient (Wildman–Crippen LogP) is 5.54. The fraction of sp³-hybridized carbons (Fsp3) is 0.286. The van der Waals surface area contributed by atoms with Crippen LogP contribution in [-0.4, -0.2) is 39.5 Å². The van der Waals surface area contributed by atoms with Gasteiger partial charge in [0.25, 0.3) is 0 Å². The van der Waals surface area contributed by atoms with Crippen LogP contribution < -0.4 is 5.32 Å². The molecule has 1 aliphatic heterocycles. The first kappa shape index (κ1) is 17.7. The molecule has 5 nitrogen and oxygen atoms in total. The summed E-state index contributed by atoms with van der Waals surface area (Å²) >= 11 is 3.41. The van der Waals surface area contributed by atoms with Gasteiger partial charge in [-0.05, 0) is 49.2 Å². The van der Waals surface area contributed by atoms with Crippen LogP contribution in [0.5, 0.6) is 0 Å². The molecular formula is C21H21N5S2. The lowest BCUT2D eigenvalue weighted by Gasteiger charge is -2.25. The Balaban J connectivity index is 1.44. The lowest BCUT2D eigenvalue weighted by molar-refractivity contribution is 0.303. The van der Waals surface area contributed by atoms with Crippen LogP contribution in [0, 0.1) is 0 Å². The average molecular weight is 408 g/mol. The second-order valence-electron chi connectivity index (χ2n) is 6.99. The second kappa shape index (κ2) is 7.58. The molecule has 4 aromatic rings. The lowest BCUT2D eigenvalue weighted by Crippen LogP contribution is -2.28. The molecule has 0 aliphatic carbocycles. The molecule has 0 unspecified atom stereocenters. The van der Waals surface area contributed by atoms with Gasteiger partial charge in [-0.25, -0.2) is 15.0 Å². The summed E-state index contributed by atoms with van der Waals surface area (Å²) in [6, 6.07) is 8.49. The molecule has 0 saturated heterocycles. The van der Waals surface area contributed by atoms with E-state index < -0.39 is 0 Å². The Labute approximate surface area is 171 Å². The van der Waals surface area contributed by atoms with E-state index in [2.05, 4.69) is 62.4 Å². The van der Waals surface area contributed by atoms with E-state index in [4.69, 9.17) is 0 Å². The van der Waals surface area contributed by atoms with Crippen molar-refractivity contribution in [2.45, 2.75) is 19.8 Å². The van der Waals surface area contributed by atoms with Gasteiger partial charge in [-0.2, -0.15) is 0 Å². The van der Waals surface area contributed by atoms with Gasteiger partial charge in [0.1, 0.15) is 17.0 Å². The van der Waals surface area contributed by atoms with Gasteiger partial charge in [-0.15, -0.1) is 22.7 Å². The van der Waals surface area contributed by atoms with E-state index in [0.29, 0.717) is 0 Å². The third kappa shape index (κ3) is 3.41. The van der Waals surface area contributed by atoms with Gasteiger partial charge in [0.2, 0.25) is 0 Å². The first-order valence-electron chi connectivity index (χ1n) is 9.57. The topological polar surface area (TPSA) is 53.9 Å². The zero-order valence-corrected chi connectivity index (χ0v) is 17.3. The molecule has 0 fully saturated rings. The highest BCUT2D eigenvalue weighted by Crippen LogP contribution is 2.36. The minimum Gasteiger partial charge on any atom is -0.340 e. The summed E-state index contributed by atoms with van der Waals surface area (Å²) in [5.74, 6) is 0.853. The lowest BCUT2D eigenvalue weighted by atomic mass is 10.1. The molecule has 0 spiro atoms. The number of nitrogens with one attached hydrogen (secondary N) is 1. The number of fused-ring (bicyclic) bond motifs is 2. The zero-order valence-electron chi connectivity index (χ0n) is 15.7. The number of benzene rings is 1. The van der Waals surface area contributed by atoms with Crippen molar-refractivity contribution in [2.75, 3.05) is 25.0 Å². The van der Waals surface area contributed by atoms with Crippen LogP contribution in [0.25, 0.3) is 26.0 Å². The van der Waals surface area contributed by atoms with Crippen LogP contribution >= 0.6 is 22.7 Å². The molecule has 28 heavy (non-hydrogen) atoms. The number of thiophene rings is 1. The van der Waals surface area contributed by atoms with E-state index in [1.54, 1.807) is 29.0 Å². The van der Waals surface area contributed by atoms with Gasteiger partial charge in [-0.3, -0.25) is 4.90 Å². The zero-order chi connectivity index (χ0) is 18.9. The van der Waals surface area contributed by atoms with E-state index in [0.717, 1.165) is 46.7 Å². The van der Waals surface area contributed by atoms with Crippen molar-refractivity contribution in [2.24, 2.45) is 0 Å². The molecule has 0 saturated carbocycles. The SMILES string of the molecule is CCCN1CC=C(c2cc3c(Nc4ccc5scnc5c4)ncnc3s2)CC1. The predicted molar refractivity (Wildman–Crippen MR) is 120 cm³/mol. The summed E-state index contributed by atoms with van der Waals surface area (Å²) in [5, 5.41) is 4.54. The van der Waals surface area contributed by atoms with Crippen molar-refractivity contribution in [3.63, 3.8) is 0 Å². The van der Waals surface area contributed by atoms with Crippen LogP contribution in [0.4, 0.5) is 11.5 Å². The molecule has 1 N–H and O–H groups in total. The molecule has 0 bridgehead atoms. The molecule has 1 aromatic carbocycles. The number of anilines is 2. The van der Waals surface area contributed by atoms with Crippen molar-refractivity contribution in [1.82, 2.24) is 19.9 Å². The molecule has 7 heteroatoms. The molecule has 142 valence electrons. The maximum absolute atomic E-state index is 4.50. The van der Waals surface area contributed by atoms with Crippen molar-refractivity contribution in [3.8, 4) is 0 Å². The summed E-state index contributed by atoms with van der Waals surface area (Å²) in [6.45, 7) is 5.60. The minimum atomic E-state index is 0.853. The minimum absolute atomic E-state index is 0.853. The Morgan fingerprint density at radius 2 is 2.14 bits per heavy atom. The maximum atomic E-state index is 4.50. The summed E-state index contributed by atoms with van der Waals surface area (Å²) in [4.78, 5) is 18.3.